The third-order valence-electron chi connectivity index (χ3n) is 4.42. The molecule has 1 aromatic carbocycles. The van der Waals surface area contributed by atoms with E-state index >= 15 is 0 Å². The van der Waals surface area contributed by atoms with Gasteiger partial charge in [-0.2, -0.15) is 0 Å². The van der Waals surface area contributed by atoms with Gasteiger partial charge in [-0.3, -0.25) is 9.69 Å². The first-order chi connectivity index (χ1) is 14.6. The van der Waals surface area contributed by atoms with E-state index in [4.69, 9.17) is 14.2 Å². The zero-order valence-corrected chi connectivity index (χ0v) is 17.7. The first-order valence-corrected chi connectivity index (χ1v) is 9.82. The van der Waals surface area contributed by atoms with Crippen molar-refractivity contribution in [2.45, 2.75) is 45.4 Å². The van der Waals surface area contributed by atoms with Gasteiger partial charge in [0.15, 0.2) is 5.70 Å². The van der Waals surface area contributed by atoms with Crippen LogP contribution in [0.4, 0.5) is 4.79 Å². The second-order valence-electron chi connectivity index (χ2n) is 7.87. The molecule has 9 heteroatoms. The van der Waals surface area contributed by atoms with Gasteiger partial charge in [-0.25, -0.2) is 14.4 Å². The van der Waals surface area contributed by atoms with E-state index in [1.54, 1.807) is 52.0 Å². The number of β-lactam (4-membered cyclic amide) rings is 1. The summed E-state index contributed by atoms with van der Waals surface area (Å²) in [4.78, 5) is 51.1. The fourth-order valence-corrected chi connectivity index (χ4v) is 3.17. The number of amides is 2. The molecule has 1 N–H and O–H groups in total. The highest BCUT2D eigenvalue weighted by Crippen LogP contribution is 2.34. The first-order valence-electron chi connectivity index (χ1n) is 9.82. The molecule has 0 spiro atoms. The quantitative estimate of drug-likeness (QED) is 0.435. The topological polar surface area (TPSA) is 111 Å². The van der Waals surface area contributed by atoms with Crippen LogP contribution in [0.25, 0.3) is 0 Å². The Morgan fingerprint density at radius 2 is 1.77 bits per heavy atom. The molecule has 2 heterocycles. The van der Waals surface area contributed by atoms with Crippen LogP contribution in [0.1, 0.15) is 38.1 Å². The average Bonchev–Trinajstić information content (AvgIpc) is 2.71. The van der Waals surface area contributed by atoms with Crippen LogP contribution < -0.4 is 5.32 Å². The van der Waals surface area contributed by atoms with Gasteiger partial charge in [-0.1, -0.05) is 24.3 Å². The summed E-state index contributed by atoms with van der Waals surface area (Å²) < 4.78 is 15.6. The molecule has 0 aromatic heterocycles. The molecule has 2 atom stereocenters. The van der Waals surface area contributed by atoms with E-state index in [0.29, 0.717) is 0 Å². The van der Waals surface area contributed by atoms with Gasteiger partial charge < -0.3 is 19.5 Å². The maximum Gasteiger partial charge on any atom is 0.408 e. The number of carbonyl (C=O) groups is 4. The molecule has 31 heavy (non-hydrogen) atoms. The van der Waals surface area contributed by atoms with Gasteiger partial charge in [0, 0.05) is 0 Å². The molecule has 1 aromatic rings. The Hall–Kier alpha value is -3.62. The Bertz CT molecular complexity index is 960. The van der Waals surface area contributed by atoms with Gasteiger partial charge in [-0.15, -0.1) is 0 Å². The van der Waals surface area contributed by atoms with E-state index in [9.17, 15) is 19.2 Å². The van der Waals surface area contributed by atoms with Crippen molar-refractivity contribution in [2.24, 2.45) is 0 Å². The highest BCUT2D eigenvalue weighted by atomic mass is 16.6. The lowest BCUT2D eigenvalue weighted by atomic mass is 9.90. The van der Waals surface area contributed by atoms with Crippen LogP contribution in [0.15, 0.2) is 53.9 Å². The maximum atomic E-state index is 12.8. The van der Waals surface area contributed by atoms with Gasteiger partial charge in [0.1, 0.15) is 17.4 Å². The van der Waals surface area contributed by atoms with Gasteiger partial charge in [-0.05, 0) is 45.9 Å². The summed E-state index contributed by atoms with van der Waals surface area (Å²) in [6.07, 6.45) is 2.40. The number of nitrogens with one attached hydrogen (secondary N) is 1. The molecule has 1 fully saturated rings. The monoisotopic (exact) mass is 428 g/mol. The average molecular weight is 428 g/mol. The molecule has 2 amide bonds. The zero-order valence-electron chi connectivity index (χ0n) is 17.7. The van der Waals surface area contributed by atoms with Gasteiger partial charge in [0.25, 0.3) is 5.91 Å². The van der Waals surface area contributed by atoms with Crippen LogP contribution in [-0.2, 0) is 23.8 Å². The summed E-state index contributed by atoms with van der Waals surface area (Å²) in [5.41, 5.74) is -0.726. The number of carbonyl (C=O) groups excluding carboxylic acids is 4. The third-order valence-corrected chi connectivity index (χ3v) is 4.42. The van der Waals surface area contributed by atoms with Gasteiger partial charge in [0.05, 0.1) is 18.2 Å². The number of ether oxygens (including phenoxy) is 3. The molecule has 0 radical (unpaired) electrons. The highest BCUT2D eigenvalue weighted by molar-refractivity contribution is 6.07. The van der Waals surface area contributed by atoms with E-state index in [0.717, 1.165) is 4.90 Å². The lowest BCUT2D eigenvalue weighted by Crippen LogP contribution is -2.71. The Morgan fingerprint density at radius 3 is 2.39 bits per heavy atom. The number of benzene rings is 1. The Kier molecular flexibility index (Phi) is 6.14. The van der Waals surface area contributed by atoms with Crippen LogP contribution in [0, 0.1) is 0 Å². The largest absolute Gasteiger partial charge is 0.491 e. The van der Waals surface area contributed by atoms with Crippen molar-refractivity contribution in [3.8, 4) is 0 Å². The van der Waals surface area contributed by atoms with Gasteiger partial charge >= 0.3 is 18.0 Å². The molecule has 2 unspecified atom stereocenters. The molecule has 2 aliphatic rings. The highest BCUT2D eigenvalue weighted by Gasteiger charge is 2.53. The Morgan fingerprint density at radius 1 is 1.10 bits per heavy atom. The number of rotatable bonds is 5. The maximum absolute atomic E-state index is 12.8. The molecule has 2 aliphatic heterocycles. The summed E-state index contributed by atoms with van der Waals surface area (Å²) in [5.74, 6) is -2.31. The van der Waals surface area contributed by atoms with Crippen molar-refractivity contribution < 1.29 is 33.4 Å². The normalized spacial score (nSPS) is 19.9. The van der Waals surface area contributed by atoms with Gasteiger partial charge in [0.2, 0.25) is 0 Å². The Labute approximate surface area is 179 Å². The molecule has 0 bridgehead atoms. The molecular weight excluding hydrogens is 404 g/mol. The molecular formula is C22H24N2O7. The molecule has 164 valence electrons. The van der Waals surface area contributed by atoms with Crippen molar-refractivity contribution in [3.63, 3.8) is 0 Å². The number of fused-ring (bicyclic) bond motifs is 1. The number of allylic oxidation sites excluding steroid dienone is 1. The predicted octanol–water partition coefficient (Wildman–Crippen LogP) is 2.29. The van der Waals surface area contributed by atoms with Crippen LogP contribution >= 0.6 is 0 Å². The first kappa shape index (κ1) is 22.1. The molecule has 0 aliphatic carbocycles. The number of esters is 2. The smallest absolute Gasteiger partial charge is 0.408 e. The molecule has 9 nitrogen and oxygen atoms in total. The molecule has 0 saturated carbocycles. The van der Waals surface area contributed by atoms with E-state index in [-0.39, 0.29) is 23.6 Å². The van der Waals surface area contributed by atoms with Crippen LogP contribution in [0.5, 0.6) is 0 Å². The number of nitrogens with zero attached hydrogens (tertiary/aromatic N) is 1. The van der Waals surface area contributed by atoms with E-state index in [2.05, 4.69) is 5.32 Å². The predicted molar refractivity (Wildman–Crippen MR) is 108 cm³/mol. The number of hydrogen-bond donors (Lipinski definition) is 1. The van der Waals surface area contributed by atoms with Crippen LogP contribution in [0.3, 0.4) is 0 Å². The molecule has 3 rings (SSSR count). The van der Waals surface area contributed by atoms with Crippen molar-refractivity contribution in [1.29, 1.82) is 0 Å². The molecule has 1 saturated heterocycles. The summed E-state index contributed by atoms with van der Waals surface area (Å²) in [6, 6.07) is 6.45. The fraction of sp³-hybridized carbons (Fsp3) is 0.364. The second-order valence-corrected chi connectivity index (χ2v) is 7.87. The van der Waals surface area contributed by atoms with Crippen molar-refractivity contribution in [3.05, 3.63) is 59.5 Å². The summed E-state index contributed by atoms with van der Waals surface area (Å²) in [7, 11) is 0. The number of hydrogen-bond acceptors (Lipinski definition) is 7. The SMILES string of the molecule is CCOC1=C(C(=O)OC(=O)c2ccccc2)N2C(=O)C(NC(=O)OC(C)(C)C)C2C=C1. The standard InChI is InChI=1S/C22H24N2O7/c1-5-29-15-12-11-14-16(23-21(28)31-22(2,3)4)18(25)24(14)17(15)20(27)30-19(26)13-9-7-6-8-10-13/h6-12,14,16H,5H2,1-4H3,(H,23,28). The van der Waals surface area contributed by atoms with Crippen LogP contribution in [0.2, 0.25) is 0 Å². The van der Waals surface area contributed by atoms with Crippen molar-refractivity contribution in [2.75, 3.05) is 6.61 Å². The minimum Gasteiger partial charge on any atom is -0.491 e. The third kappa shape index (κ3) is 4.76. The summed E-state index contributed by atoms with van der Waals surface area (Å²) in [5, 5.41) is 2.51. The van der Waals surface area contributed by atoms with Crippen LogP contribution in [-0.4, -0.2) is 53.1 Å². The lowest BCUT2D eigenvalue weighted by Gasteiger charge is -2.47. The summed E-state index contributed by atoms with van der Waals surface area (Å²) in [6.45, 7) is 7.07. The van der Waals surface area contributed by atoms with Crippen molar-refractivity contribution in [1.82, 2.24) is 10.2 Å². The fourth-order valence-electron chi connectivity index (χ4n) is 3.17. The van der Waals surface area contributed by atoms with E-state index < -0.39 is 41.6 Å². The van der Waals surface area contributed by atoms with Crippen molar-refractivity contribution >= 4 is 23.9 Å². The summed E-state index contributed by atoms with van der Waals surface area (Å²) >= 11 is 0. The zero-order chi connectivity index (χ0) is 22.8. The lowest BCUT2D eigenvalue weighted by molar-refractivity contribution is -0.151. The second kappa shape index (κ2) is 8.63. The minimum atomic E-state index is -1.02. The minimum absolute atomic E-state index is 0.105. The number of alkyl carbamates (subject to hydrolysis) is 1. The van der Waals surface area contributed by atoms with E-state index in [1.165, 1.54) is 18.2 Å². The Balaban J connectivity index is 1.78. The van der Waals surface area contributed by atoms with E-state index in [1.807, 2.05) is 0 Å².